The number of hydrogen-bond acceptors (Lipinski definition) is 2. The molecule has 5 heteroatoms. The molecule has 4 nitrogen and oxygen atoms in total. The Morgan fingerprint density at radius 3 is 2.76 bits per heavy atom. The molecule has 21 heavy (non-hydrogen) atoms. The van der Waals surface area contributed by atoms with Crippen LogP contribution in [0.4, 0.5) is 0 Å². The van der Waals surface area contributed by atoms with Gasteiger partial charge in [-0.3, -0.25) is 9.59 Å². The van der Waals surface area contributed by atoms with Crippen molar-refractivity contribution in [2.75, 3.05) is 6.54 Å². The summed E-state index contributed by atoms with van der Waals surface area (Å²) in [5.74, 6) is -0.0695. The number of hydrogen-bond donors (Lipinski definition) is 1. The number of nitrogens with one attached hydrogen (secondary N) is 1. The van der Waals surface area contributed by atoms with Crippen molar-refractivity contribution in [1.29, 1.82) is 0 Å². The predicted molar refractivity (Wildman–Crippen MR) is 85.7 cm³/mol. The topological polar surface area (TPSA) is 49.4 Å². The number of benzene rings is 1. The van der Waals surface area contributed by atoms with Crippen LogP contribution in [-0.2, 0) is 9.59 Å². The van der Waals surface area contributed by atoms with Crippen LogP contribution < -0.4 is 5.32 Å². The number of nitrogens with zero attached hydrogens (tertiary/aromatic N) is 1. The van der Waals surface area contributed by atoms with Gasteiger partial charge in [0.1, 0.15) is 5.54 Å². The Morgan fingerprint density at radius 1 is 1.43 bits per heavy atom. The van der Waals surface area contributed by atoms with Gasteiger partial charge in [-0.05, 0) is 38.0 Å². The zero-order valence-corrected chi connectivity index (χ0v) is 14.2. The number of carbonyl (C=O) groups is 2. The lowest BCUT2D eigenvalue weighted by atomic mass is 9.95. The Balaban J connectivity index is 2.32. The third-order valence-corrected chi connectivity index (χ3v) is 4.73. The Morgan fingerprint density at radius 2 is 2.14 bits per heavy atom. The van der Waals surface area contributed by atoms with Gasteiger partial charge in [-0.25, -0.2) is 0 Å². The zero-order chi connectivity index (χ0) is 15.6. The van der Waals surface area contributed by atoms with Gasteiger partial charge < -0.3 is 10.2 Å². The average molecular weight is 353 g/mol. The molecule has 2 unspecified atom stereocenters. The second kappa shape index (κ2) is 6.18. The molecule has 1 aliphatic heterocycles. The lowest BCUT2D eigenvalue weighted by Gasteiger charge is -2.35. The van der Waals surface area contributed by atoms with Crippen LogP contribution in [0.5, 0.6) is 0 Å². The Bertz CT molecular complexity index is 561. The first-order chi connectivity index (χ1) is 9.87. The maximum atomic E-state index is 12.8. The Hall–Kier alpha value is -1.36. The molecule has 1 aliphatic rings. The number of carbonyl (C=O) groups excluding carboxylic acids is 2. The van der Waals surface area contributed by atoms with Gasteiger partial charge in [-0.2, -0.15) is 0 Å². The molecular formula is C16H21BrN2O2. The highest BCUT2D eigenvalue weighted by atomic mass is 79.9. The molecular weight excluding hydrogens is 332 g/mol. The molecule has 1 saturated heterocycles. The van der Waals surface area contributed by atoms with Crippen molar-refractivity contribution in [1.82, 2.24) is 10.2 Å². The number of rotatable bonds is 3. The van der Waals surface area contributed by atoms with Gasteiger partial charge in [-0.1, -0.05) is 35.0 Å². The lowest BCUT2D eigenvalue weighted by molar-refractivity contribution is -0.140. The summed E-state index contributed by atoms with van der Waals surface area (Å²) in [5, 5.41) is 2.86. The van der Waals surface area contributed by atoms with Crippen molar-refractivity contribution in [2.45, 2.75) is 45.2 Å². The van der Waals surface area contributed by atoms with Crippen LogP contribution in [0.2, 0.25) is 0 Å². The third-order valence-electron chi connectivity index (χ3n) is 4.23. The molecule has 114 valence electrons. The van der Waals surface area contributed by atoms with Crippen LogP contribution in [0.3, 0.4) is 0 Å². The van der Waals surface area contributed by atoms with Crippen molar-refractivity contribution < 1.29 is 9.59 Å². The summed E-state index contributed by atoms with van der Waals surface area (Å²) in [5.41, 5.74) is 0.249. The van der Waals surface area contributed by atoms with Crippen LogP contribution in [0.25, 0.3) is 0 Å². The van der Waals surface area contributed by atoms with E-state index in [1.807, 2.05) is 43.0 Å². The molecule has 2 rings (SSSR count). The van der Waals surface area contributed by atoms with Gasteiger partial charge >= 0.3 is 0 Å². The second-order valence-corrected chi connectivity index (χ2v) is 6.63. The van der Waals surface area contributed by atoms with Crippen LogP contribution >= 0.6 is 15.9 Å². The highest BCUT2D eigenvalue weighted by Crippen LogP contribution is 2.28. The fraction of sp³-hybridized carbons (Fsp3) is 0.500. The fourth-order valence-electron chi connectivity index (χ4n) is 2.62. The van der Waals surface area contributed by atoms with Crippen molar-refractivity contribution in [3.8, 4) is 0 Å². The van der Waals surface area contributed by atoms with E-state index in [9.17, 15) is 9.59 Å². The zero-order valence-electron chi connectivity index (χ0n) is 12.6. The van der Waals surface area contributed by atoms with Gasteiger partial charge in [0, 0.05) is 17.4 Å². The fourth-order valence-corrected chi connectivity index (χ4v) is 3.04. The van der Waals surface area contributed by atoms with E-state index in [2.05, 4.69) is 21.2 Å². The van der Waals surface area contributed by atoms with Gasteiger partial charge in [0.2, 0.25) is 11.8 Å². The first-order valence-electron chi connectivity index (χ1n) is 7.25. The molecule has 2 amide bonds. The van der Waals surface area contributed by atoms with Crippen molar-refractivity contribution in [2.24, 2.45) is 0 Å². The van der Waals surface area contributed by atoms with E-state index in [0.717, 1.165) is 10.0 Å². The Labute approximate surface area is 134 Å². The van der Waals surface area contributed by atoms with Crippen molar-refractivity contribution >= 4 is 27.7 Å². The molecule has 1 aromatic rings. The molecule has 2 atom stereocenters. The van der Waals surface area contributed by atoms with Crippen LogP contribution in [-0.4, -0.2) is 28.8 Å². The SMILES string of the molecule is CCC1(C)NC(=O)CCN(C(C)c2cccc(Br)c2)C1=O. The summed E-state index contributed by atoms with van der Waals surface area (Å²) >= 11 is 3.46. The van der Waals surface area contributed by atoms with E-state index in [-0.39, 0.29) is 17.9 Å². The summed E-state index contributed by atoms with van der Waals surface area (Å²) in [7, 11) is 0. The van der Waals surface area contributed by atoms with Gasteiger partial charge in [0.15, 0.2) is 0 Å². The van der Waals surface area contributed by atoms with Crippen molar-refractivity contribution in [3.05, 3.63) is 34.3 Å². The summed E-state index contributed by atoms with van der Waals surface area (Å²) < 4.78 is 0.988. The summed E-state index contributed by atoms with van der Waals surface area (Å²) in [6, 6.07) is 7.88. The quantitative estimate of drug-likeness (QED) is 0.908. The third kappa shape index (κ3) is 3.28. The number of halogens is 1. The van der Waals surface area contributed by atoms with E-state index >= 15 is 0 Å². The minimum Gasteiger partial charge on any atom is -0.342 e. The molecule has 0 aliphatic carbocycles. The minimum atomic E-state index is -0.812. The molecule has 1 N–H and O–H groups in total. The summed E-state index contributed by atoms with van der Waals surface area (Å²) in [6.45, 7) is 6.18. The summed E-state index contributed by atoms with van der Waals surface area (Å²) in [6.07, 6.45) is 0.930. The molecule has 0 spiro atoms. The van der Waals surface area contributed by atoms with Crippen LogP contribution in [0.15, 0.2) is 28.7 Å². The maximum Gasteiger partial charge on any atom is 0.248 e. The summed E-state index contributed by atoms with van der Waals surface area (Å²) in [4.78, 5) is 26.5. The molecule has 1 aromatic carbocycles. The van der Waals surface area contributed by atoms with E-state index in [1.165, 1.54) is 0 Å². The first-order valence-corrected chi connectivity index (χ1v) is 8.04. The predicted octanol–water partition coefficient (Wildman–Crippen LogP) is 3.03. The standard InChI is InChI=1S/C16H21BrN2O2/c1-4-16(3)15(21)19(9-8-14(20)18-16)11(2)12-6-5-7-13(17)10-12/h5-7,10-11H,4,8-9H2,1-3H3,(H,18,20). The first kappa shape index (κ1) is 16.0. The minimum absolute atomic E-state index is 0.0108. The van der Waals surface area contributed by atoms with Crippen molar-refractivity contribution in [3.63, 3.8) is 0 Å². The van der Waals surface area contributed by atoms with Crippen LogP contribution in [0, 0.1) is 0 Å². The average Bonchev–Trinajstić information content (AvgIpc) is 2.56. The lowest BCUT2D eigenvalue weighted by Crippen LogP contribution is -2.55. The Kier molecular flexibility index (Phi) is 4.71. The monoisotopic (exact) mass is 352 g/mol. The van der Waals surface area contributed by atoms with E-state index in [1.54, 1.807) is 6.92 Å². The van der Waals surface area contributed by atoms with E-state index < -0.39 is 5.54 Å². The van der Waals surface area contributed by atoms with Gasteiger partial charge in [-0.15, -0.1) is 0 Å². The maximum absolute atomic E-state index is 12.8. The highest BCUT2D eigenvalue weighted by molar-refractivity contribution is 9.10. The van der Waals surface area contributed by atoms with Gasteiger partial charge in [0.05, 0.1) is 6.04 Å². The molecule has 0 saturated carbocycles. The molecule has 1 heterocycles. The smallest absolute Gasteiger partial charge is 0.248 e. The normalized spacial score (nSPS) is 24.5. The van der Waals surface area contributed by atoms with Crippen LogP contribution in [0.1, 0.15) is 45.2 Å². The number of amides is 2. The largest absolute Gasteiger partial charge is 0.342 e. The second-order valence-electron chi connectivity index (χ2n) is 5.71. The molecule has 0 aromatic heterocycles. The molecule has 0 radical (unpaired) electrons. The van der Waals surface area contributed by atoms with Gasteiger partial charge in [0.25, 0.3) is 0 Å². The highest BCUT2D eigenvalue weighted by Gasteiger charge is 2.40. The van der Waals surface area contributed by atoms with E-state index in [0.29, 0.717) is 19.4 Å². The van der Waals surface area contributed by atoms with E-state index in [4.69, 9.17) is 0 Å². The molecule has 0 bridgehead atoms. The molecule has 1 fully saturated rings.